The second kappa shape index (κ2) is 70.3. The first-order chi connectivity index (χ1) is 40.5. The van der Waals surface area contributed by atoms with E-state index in [0.29, 0.717) is 19.3 Å². The summed E-state index contributed by atoms with van der Waals surface area (Å²) < 4.78 is 16.9. The van der Waals surface area contributed by atoms with E-state index < -0.39 is 6.10 Å². The lowest BCUT2D eigenvalue weighted by Gasteiger charge is -2.18. The molecule has 0 saturated heterocycles. The molecule has 82 heavy (non-hydrogen) atoms. The quantitative estimate of drug-likeness (QED) is 0.0261. The number of esters is 3. The van der Waals surface area contributed by atoms with Gasteiger partial charge >= 0.3 is 17.9 Å². The zero-order chi connectivity index (χ0) is 59.2. The number of hydrogen-bond acceptors (Lipinski definition) is 6. The molecule has 0 aliphatic rings. The largest absolute Gasteiger partial charge is 0.462 e. The molecule has 6 nitrogen and oxygen atoms in total. The molecule has 1 atom stereocenters. The molecule has 0 N–H and O–H groups in total. The fraction of sp³-hybridized carbons (Fsp3) is 0.803. The van der Waals surface area contributed by atoms with Crippen molar-refractivity contribution >= 4 is 17.9 Å². The second-order valence-electron chi connectivity index (χ2n) is 24.1. The zero-order valence-corrected chi connectivity index (χ0v) is 54.8. The average Bonchev–Trinajstić information content (AvgIpc) is 3.47. The molecule has 1 unspecified atom stereocenters. The monoisotopic (exact) mass is 1150 g/mol. The summed E-state index contributed by atoms with van der Waals surface area (Å²) in [6, 6.07) is 0. The minimum atomic E-state index is -0.809. The van der Waals surface area contributed by atoms with E-state index in [0.717, 1.165) is 83.5 Å². The molecular formula is C76H136O6. The topological polar surface area (TPSA) is 78.9 Å². The standard InChI is InChI=1S/C76H136O6/c1-4-7-10-13-16-19-22-25-28-30-31-32-33-34-35-36-37-38-39-40-41-42-43-44-46-48-51-54-57-60-63-66-69-75(78)81-72-73(71-80-74(77)68-65-62-59-56-53-50-47-27-24-21-18-15-12-9-6-3)82-76(79)70-67-64-61-58-55-52-49-45-29-26-23-20-17-14-11-8-5-2/h8,11,17,20,26-27,29,47,49,52,58,61,73H,4-7,9-10,12-16,18-19,21-25,28,30-46,48,50-51,53-57,59-60,62-72H2,1-3H3/b11-8-,20-17-,29-26-,47-27-,52-49-,61-58-. The Balaban J connectivity index is 4.21. The van der Waals surface area contributed by atoms with Crippen molar-refractivity contribution in [2.75, 3.05) is 13.2 Å². The summed E-state index contributed by atoms with van der Waals surface area (Å²) in [6.07, 6.45) is 92.5. The van der Waals surface area contributed by atoms with E-state index >= 15 is 0 Å². The predicted octanol–water partition coefficient (Wildman–Crippen LogP) is 24.8. The highest BCUT2D eigenvalue weighted by Crippen LogP contribution is 2.18. The van der Waals surface area contributed by atoms with Crippen LogP contribution in [0.5, 0.6) is 0 Å². The van der Waals surface area contributed by atoms with Gasteiger partial charge in [0.05, 0.1) is 0 Å². The van der Waals surface area contributed by atoms with Crippen molar-refractivity contribution in [3.05, 3.63) is 72.9 Å². The second-order valence-corrected chi connectivity index (χ2v) is 24.1. The smallest absolute Gasteiger partial charge is 0.306 e. The lowest BCUT2D eigenvalue weighted by atomic mass is 10.0. The normalized spacial score (nSPS) is 12.5. The Kier molecular flexibility index (Phi) is 67.6. The third-order valence-electron chi connectivity index (χ3n) is 15.9. The van der Waals surface area contributed by atoms with Gasteiger partial charge in [-0.3, -0.25) is 14.4 Å². The summed E-state index contributed by atoms with van der Waals surface area (Å²) in [4.78, 5) is 38.4. The molecule has 0 rings (SSSR count). The zero-order valence-electron chi connectivity index (χ0n) is 54.8. The van der Waals surface area contributed by atoms with Gasteiger partial charge in [-0.2, -0.15) is 0 Å². The Labute approximate surface area is 510 Å². The average molecular weight is 1150 g/mol. The number of carbonyl (C=O) groups is 3. The summed E-state index contributed by atoms with van der Waals surface area (Å²) >= 11 is 0. The van der Waals surface area contributed by atoms with Crippen molar-refractivity contribution in [1.29, 1.82) is 0 Å². The molecule has 0 heterocycles. The highest BCUT2D eigenvalue weighted by Gasteiger charge is 2.19. The fourth-order valence-corrected chi connectivity index (χ4v) is 10.6. The van der Waals surface area contributed by atoms with Crippen molar-refractivity contribution in [1.82, 2.24) is 0 Å². The molecule has 476 valence electrons. The Morgan fingerprint density at radius 1 is 0.256 bits per heavy atom. The van der Waals surface area contributed by atoms with Crippen molar-refractivity contribution < 1.29 is 28.6 Å². The van der Waals surface area contributed by atoms with Crippen molar-refractivity contribution in [2.24, 2.45) is 0 Å². The molecule has 0 aliphatic carbocycles. The van der Waals surface area contributed by atoms with E-state index in [1.165, 1.54) is 244 Å². The maximum absolute atomic E-state index is 12.9. The fourth-order valence-electron chi connectivity index (χ4n) is 10.6. The molecule has 0 saturated carbocycles. The molecule has 6 heteroatoms. The number of unbranched alkanes of at least 4 members (excludes halogenated alkanes) is 43. The van der Waals surface area contributed by atoms with Gasteiger partial charge in [0.1, 0.15) is 13.2 Å². The molecular weight excluding hydrogens is 1010 g/mol. The van der Waals surface area contributed by atoms with Gasteiger partial charge in [0.25, 0.3) is 0 Å². The molecule has 0 aliphatic heterocycles. The molecule has 0 aromatic rings. The third kappa shape index (κ3) is 67.6. The van der Waals surface area contributed by atoms with Crippen LogP contribution >= 0.6 is 0 Å². The summed E-state index contributed by atoms with van der Waals surface area (Å²) in [6.45, 7) is 6.52. The van der Waals surface area contributed by atoms with Crippen LogP contribution in [0.1, 0.15) is 374 Å². The van der Waals surface area contributed by atoms with Gasteiger partial charge in [0, 0.05) is 19.3 Å². The Bertz CT molecular complexity index is 1500. The van der Waals surface area contributed by atoms with Crippen molar-refractivity contribution in [3.8, 4) is 0 Å². The van der Waals surface area contributed by atoms with E-state index in [1.54, 1.807) is 0 Å². The molecule has 0 bridgehead atoms. The molecule has 0 radical (unpaired) electrons. The highest BCUT2D eigenvalue weighted by molar-refractivity contribution is 5.71. The maximum Gasteiger partial charge on any atom is 0.306 e. The van der Waals surface area contributed by atoms with E-state index in [9.17, 15) is 14.4 Å². The minimum Gasteiger partial charge on any atom is -0.462 e. The van der Waals surface area contributed by atoms with Crippen molar-refractivity contribution in [3.63, 3.8) is 0 Å². The van der Waals surface area contributed by atoms with Crippen LogP contribution in [0.4, 0.5) is 0 Å². The van der Waals surface area contributed by atoms with Crippen LogP contribution in [0.25, 0.3) is 0 Å². The summed E-state index contributed by atoms with van der Waals surface area (Å²) in [5.41, 5.74) is 0. The van der Waals surface area contributed by atoms with E-state index in [1.807, 2.05) is 0 Å². The highest BCUT2D eigenvalue weighted by atomic mass is 16.6. The number of allylic oxidation sites excluding steroid dienone is 12. The molecule has 0 fully saturated rings. The lowest BCUT2D eigenvalue weighted by molar-refractivity contribution is -0.167. The van der Waals surface area contributed by atoms with Gasteiger partial charge in [-0.15, -0.1) is 0 Å². The number of ether oxygens (including phenoxy) is 3. The van der Waals surface area contributed by atoms with Gasteiger partial charge in [0.15, 0.2) is 6.10 Å². The Morgan fingerprint density at radius 3 is 0.793 bits per heavy atom. The molecule has 0 aromatic heterocycles. The predicted molar refractivity (Wildman–Crippen MR) is 358 cm³/mol. The van der Waals surface area contributed by atoms with Crippen LogP contribution in [-0.4, -0.2) is 37.2 Å². The van der Waals surface area contributed by atoms with Crippen LogP contribution in [0, 0.1) is 0 Å². The van der Waals surface area contributed by atoms with E-state index in [4.69, 9.17) is 14.2 Å². The van der Waals surface area contributed by atoms with Crippen LogP contribution in [-0.2, 0) is 28.6 Å². The summed E-state index contributed by atoms with van der Waals surface area (Å²) in [5.74, 6) is -0.947. The van der Waals surface area contributed by atoms with E-state index in [-0.39, 0.29) is 37.5 Å². The van der Waals surface area contributed by atoms with Crippen LogP contribution < -0.4 is 0 Å². The van der Waals surface area contributed by atoms with Crippen molar-refractivity contribution in [2.45, 2.75) is 380 Å². The first kappa shape index (κ1) is 78.8. The number of carbonyl (C=O) groups excluding carboxylic acids is 3. The van der Waals surface area contributed by atoms with Gasteiger partial charge in [-0.1, -0.05) is 344 Å². The van der Waals surface area contributed by atoms with E-state index in [2.05, 4.69) is 93.7 Å². The van der Waals surface area contributed by atoms with Gasteiger partial charge in [-0.05, 0) is 83.5 Å². The van der Waals surface area contributed by atoms with Gasteiger partial charge in [-0.25, -0.2) is 0 Å². The summed E-state index contributed by atoms with van der Waals surface area (Å²) in [7, 11) is 0. The Morgan fingerprint density at radius 2 is 0.488 bits per heavy atom. The number of hydrogen-bond donors (Lipinski definition) is 0. The van der Waals surface area contributed by atoms with Crippen LogP contribution in [0.15, 0.2) is 72.9 Å². The number of rotatable bonds is 66. The lowest BCUT2D eigenvalue weighted by Crippen LogP contribution is -2.30. The molecule has 0 aromatic carbocycles. The van der Waals surface area contributed by atoms with Crippen LogP contribution in [0.2, 0.25) is 0 Å². The summed E-state index contributed by atoms with van der Waals surface area (Å²) in [5, 5.41) is 0. The molecule has 0 spiro atoms. The SMILES string of the molecule is CC/C=C\C/C=C\C/C=C\C/C=C\C/C=C\CCCC(=O)OC(COC(=O)CCCCCCC/C=C\CCCCCCCC)COC(=O)CCCCCCCCCCCCCCCCCCCCCCCCCCCCCCCCCC. The Hall–Kier alpha value is -3.15. The minimum absolute atomic E-state index is 0.0976. The first-order valence-electron chi connectivity index (χ1n) is 35.9. The van der Waals surface area contributed by atoms with Gasteiger partial charge in [0.2, 0.25) is 0 Å². The first-order valence-corrected chi connectivity index (χ1v) is 35.9. The van der Waals surface area contributed by atoms with Gasteiger partial charge < -0.3 is 14.2 Å². The van der Waals surface area contributed by atoms with Crippen LogP contribution in [0.3, 0.4) is 0 Å². The third-order valence-corrected chi connectivity index (χ3v) is 15.9. The molecule has 0 amide bonds. The maximum atomic E-state index is 12.9.